The van der Waals surface area contributed by atoms with Gasteiger partial charge in [0.1, 0.15) is 11.8 Å². The monoisotopic (exact) mass is 297 g/mol. The van der Waals surface area contributed by atoms with Crippen LogP contribution in [0.3, 0.4) is 0 Å². The molecule has 0 aliphatic rings. The second-order valence-electron chi connectivity index (χ2n) is 3.93. The summed E-state index contributed by atoms with van der Waals surface area (Å²) in [6, 6.07) is 8.00. The van der Waals surface area contributed by atoms with Crippen LogP contribution < -0.4 is 10.1 Å². The summed E-state index contributed by atoms with van der Waals surface area (Å²) in [5.41, 5.74) is 0. The van der Waals surface area contributed by atoms with Crippen molar-refractivity contribution in [2.75, 3.05) is 18.6 Å². The highest BCUT2D eigenvalue weighted by molar-refractivity contribution is 7.98. The number of para-hydroxylation sites is 1. The maximum atomic E-state index is 11.7. The van der Waals surface area contributed by atoms with Crippen LogP contribution in [-0.2, 0) is 9.53 Å². The predicted molar refractivity (Wildman–Crippen MR) is 79.0 cm³/mol. The third kappa shape index (κ3) is 5.97. The molecule has 0 fully saturated rings. The molecule has 0 unspecified atom stereocenters. The van der Waals surface area contributed by atoms with E-state index in [9.17, 15) is 9.59 Å². The minimum absolute atomic E-state index is 0.282. The van der Waals surface area contributed by atoms with E-state index in [-0.39, 0.29) is 6.61 Å². The third-order valence-corrected chi connectivity index (χ3v) is 3.07. The SMILES string of the molecule is CCOC(=O)[C@H](CCSC)NC(=O)Oc1ccccc1. The molecule has 0 saturated carbocycles. The van der Waals surface area contributed by atoms with E-state index in [2.05, 4.69) is 5.32 Å². The summed E-state index contributed by atoms with van der Waals surface area (Å²) in [5.74, 6) is 0.735. The number of benzene rings is 1. The maximum Gasteiger partial charge on any atom is 0.413 e. The number of rotatable bonds is 7. The molecular formula is C14H19NO4S. The molecular weight excluding hydrogens is 278 g/mol. The molecule has 0 radical (unpaired) electrons. The quantitative estimate of drug-likeness (QED) is 0.783. The summed E-state index contributed by atoms with van der Waals surface area (Å²) >= 11 is 1.60. The number of amides is 1. The van der Waals surface area contributed by atoms with Crippen LogP contribution in [-0.4, -0.2) is 36.7 Å². The van der Waals surface area contributed by atoms with Crippen LogP contribution in [0.2, 0.25) is 0 Å². The van der Waals surface area contributed by atoms with Crippen LogP contribution in [0.1, 0.15) is 13.3 Å². The number of carbonyl (C=O) groups is 2. The Morgan fingerprint density at radius 2 is 2.00 bits per heavy atom. The molecule has 0 spiro atoms. The Hall–Kier alpha value is -1.69. The maximum absolute atomic E-state index is 11.7. The number of ether oxygens (including phenoxy) is 2. The van der Waals surface area contributed by atoms with Crippen LogP contribution in [0.25, 0.3) is 0 Å². The van der Waals surface area contributed by atoms with Gasteiger partial charge in [-0.3, -0.25) is 0 Å². The van der Waals surface area contributed by atoms with E-state index in [4.69, 9.17) is 9.47 Å². The largest absolute Gasteiger partial charge is 0.464 e. The van der Waals surface area contributed by atoms with Crippen molar-refractivity contribution in [3.05, 3.63) is 30.3 Å². The number of esters is 1. The molecule has 0 saturated heterocycles. The van der Waals surface area contributed by atoms with Gasteiger partial charge in [-0.05, 0) is 37.5 Å². The van der Waals surface area contributed by atoms with Gasteiger partial charge in [-0.15, -0.1) is 0 Å². The summed E-state index contributed by atoms with van der Waals surface area (Å²) in [4.78, 5) is 23.5. The molecule has 0 aromatic heterocycles. The van der Waals surface area contributed by atoms with E-state index in [0.717, 1.165) is 5.75 Å². The standard InChI is InChI=1S/C14H19NO4S/c1-3-18-13(16)12(9-10-20-2)15-14(17)19-11-7-5-4-6-8-11/h4-8,12H,3,9-10H2,1-2H3,(H,15,17)/t12-/m0/s1. The number of nitrogens with one attached hydrogen (secondary N) is 1. The minimum atomic E-state index is -0.682. The van der Waals surface area contributed by atoms with Gasteiger partial charge in [-0.25, -0.2) is 9.59 Å². The van der Waals surface area contributed by atoms with Crippen LogP contribution in [0.5, 0.6) is 5.75 Å². The molecule has 1 N–H and O–H groups in total. The van der Waals surface area contributed by atoms with E-state index >= 15 is 0 Å². The van der Waals surface area contributed by atoms with Crippen LogP contribution in [0.15, 0.2) is 30.3 Å². The predicted octanol–water partition coefficient (Wildman–Crippen LogP) is 2.46. The van der Waals surface area contributed by atoms with Crippen molar-refractivity contribution < 1.29 is 19.1 Å². The van der Waals surface area contributed by atoms with Crippen molar-refractivity contribution in [2.24, 2.45) is 0 Å². The lowest BCUT2D eigenvalue weighted by Crippen LogP contribution is -2.43. The third-order valence-electron chi connectivity index (χ3n) is 2.43. The Kier molecular flexibility index (Phi) is 7.57. The van der Waals surface area contributed by atoms with Crippen molar-refractivity contribution >= 4 is 23.8 Å². The fourth-order valence-electron chi connectivity index (χ4n) is 1.49. The molecule has 1 aromatic rings. The number of hydrogen-bond acceptors (Lipinski definition) is 5. The van der Waals surface area contributed by atoms with E-state index < -0.39 is 18.1 Å². The summed E-state index contributed by atoms with van der Waals surface area (Å²) in [6.45, 7) is 2.01. The zero-order valence-electron chi connectivity index (χ0n) is 11.6. The normalized spacial score (nSPS) is 11.5. The lowest BCUT2D eigenvalue weighted by Gasteiger charge is -2.16. The first kappa shape index (κ1) is 16.4. The van der Waals surface area contributed by atoms with Crippen molar-refractivity contribution in [1.29, 1.82) is 0 Å². The molecule has 0 aliphatic carbocycles. The van der Waals surface area contributed by atoms with Gasteiger partial charge in [0.15, 0.2) is 0 Å². The Bertz CT molecular complexity index is 424. The molecule has 5 nitrogen and oxygen atoms in total. The van der Waals surface area contributed by atoms with E-state index in [0.29, 0.717) is 12.2 Å². The summed E-state index contributed by atoms with van der Waals surface area (Å²) in [5, 5.41) is 2.54. The fourth-order valence-corrected chi connectivity index (χ4v) is 1.97. The lowest BCUT2D eigenvalue weighted by atomic mass is 10.2. The average molecular weight is 297 g/mol. The molecule has 1 atom stereocenters. The first-order valence-corrected chi connectivity index (χ1v) is 7.75. The van der Waals surface area contributed by atoms with E-state index in [1.54, 1.807) is 43.0 Å². The lowest BCUT2D eigenvalue weighted by molar-refractivity contribution is -0.145. The van der Waals surface area contributed by atoms with Gasteiger partial charge >= 0.3 is 12.1 Å². The first-order chi connectivity index (χ1) is 9.67. The zero-order chi connectivity index (χ0) is 14.8. The van der Waals surface area contributed by atoms with Crippen LogP contribution >= 0.6 is 11.8 Å². The van der Waals surface area contributed by atoms with Crippen LogP contribution in [0, 0.1) is 0 Å². The molecule has 1 amide bonds. The van der Waals surface area contributed by atoms with Gasteiger partial charge in [-0.2, -0.15) is 11.8 Å². The molecule has 110 valence electrons. The van der Waals surface area contributed by atoms with Gasteiger partial charge in [0, 0.05) is 0 Å². The van der Waals surface area contributed by atoms with Gasteiger partial charge < -0.3 is 14.8 Å². The molecule has 0 bridgehead atoms. The molecule has 0 aliphatic heterocycles. The number of thioether (sulfide) groups is 1. The topological polar surface area (TPSA) is 64.6 Å². The Morgan fingerprint density at radius 1 is 1.30 bits per heavy atom. The van der Waals surface area contributed by atoms with Gasteiger partial charge in [-0.1, -0.05) is 18.2 Å². The second kappa shape index (κ2) is 9.25. The van der Waals surface area contributed by atoms with E-state index in [1.807, 2.05) is 12.3 Å². The van der Waals surface area contributed by atoms with Gasteiger partial charge in [0.25, 0.3) is 0 Å². The molecule has 6 heteroatoms. The Labute approximate surface area is 123 Å². The van der Waals surface area contributed by atoms with Crippen molar-refractivity contribution in [2.45, 2.75) is 19.4 Å². The number of hydrogen-bond donors (Lipinski definition) is 1. The zero-order valence-corrected chi connectivity index (χ0v) is 12.4. The van der Waals surface area contributed by atoms with Crippen LogP contribution in [0.4, 0.5) is 4.79 Å². The van der Waals surface area contributed by atoms with Gasteiger partial charge in [0.2, 0.25) is 0 Å². The summed E-state index contributed by atoms with van der Waals surface area (Å²) in [7, 11) is 0. The number of carbonyl (C=O) groups excluding carboxylic acids is 2. The van der Waals surface area contributed by atoms with E-state index in [1.165, 1.54) is 0 Å². The first-order valence-electron chi connectivity index (χ1n) is 6.36. The van der Waals surface area contributed by atoms with Crippen molar-refractivity contribution in [3.63, 3.8) is 0 Å². The van der Waals surface area contributed by atoms with Crippen molar-refractivity contribution in [1.82, 2.24) is 5.32 Å². The molecule has 1 rings (SSSR count). The smallest absolute Gasteiger partial charge is 0.413 e. The molecule has 20 heavy (non-hydrogen) atoms. The second-order valence-corrected chi connectivity index (χ2v) is 4.92. The average Bonchev–Trinajstić information content (AvgIpc) is 2.44. The highest BCUT2D eigenvalue weighted by Gasteiger charge is 2.22. The molecule has 0 heterocycles. The molecule has 1 aromatic carbocycles. The Balaban J connectivity index is 2.54. The highest BCUT2D eigenvalue weighted by atomic mass is 32.2. The highest BCUT2D eigenvalue weighted by Crippen LogP contribution is 2.09. The summed E-state index contributed by atoms with van der Waals surface area (Å²) in [6.07, 6.45) is 1.78. The fraction of sp³-hybridized carbons (Fsp3) is 0.429. The Morgan fingerprint density at radius 3 is 2.60 bits per heavy atom. The summed E-state index contributed by atoms with van der Waals surface area (Å²) < 4.78 is 10.0. The van der Waals surface area contributed by atoms with Gasteiger partial charge in [0.05, 0.1) is 6.61 Å². The minimum Gasteiger partial charge on any atom is -0.464 e. The van der Waals surface area contributed by atoms with Crippen molar-refractivity contribution in [3.8, 4) is 5.75 Å².